The standard InChI is InChI=1S/CB8S/c2-7(3)1(10)8(4)9(5)6. The average molecular weight is 131 g/mol. The second kappa shape index (κ2) is 4.48. The first kappa shape index (κ1) is 10.6. The lowest BCUT2D eigenvalue weighted by atomic mass is 8.83. The molecule has 0 aromatic rings. The van der Waals surface area contributed by atoms with Gasteiger partial charge in [-0.1, -0.05) is 0 Å². The lowest BCUT2D eigenvalue weighted by Gasteiger charge is -2.15. The Morgan fingerprint density at radius 1 is 1.00 bits per heavy atom. The molecule has 0 rings (SSSR count). The van der Waals surface area contributed by atoms with Gasteiger partial charge in [0.15, 0.2) is 0 Å². The van der Waals surface area contributed by atoms with E-state index in [0.717, 1.165) is 0 Å². The predicted octanol–water partition coefficient (Wildman–Crippen LogP) is -2.68. The van der Waals surface area contributed by atoms with E-state index in [1.54, 1.807) is 0 Å². The van der Waals surface area contributed by atoms with Gasteiger partial charge in [-0.15, -0.1) is 16.9 Å². The summed E-state index contributed by atoms with van der Waals surface area (Å²) < 4.78 is 0.301. The Balaban J connectivity index is 3.95. The van der Waals surface area contributed by atoms with Crippen LogP contribution >= 0.6 is 12.2 Å². The molecule has 0 aromatic heterocycles. The van der Waals surface area contributed by atoms with E-state index in [1.165, 1.54) is 0 Å². The van der Waals surface area contributed by atoms with Gasteiger partial charge in [0.2, 0.25) is 0 Å². The van der Waals surface area contributed by atoms with Gasteiger partial charge < -0.3 is 0 Å². The Labute approximate surface area is 75.2 Å². The van der Waals surface area contributed by atoms with Crippen molar-refractivity contribution in [1.29, 1.82) is 0 Å². The number of hydrogen-bond donors (Lipinski definition) is 0. The van der Waals surface area contributed by atoms with Gasteiger partial charge in [-0.25, -0.2) is 0 Å². The third-order valence-electron chi connectivity index (χ3n) is 1.07. The zero-order valence-corrected chi connectivity index (χ0v) is 6.34. The minimum atomic E-state index is -0.723. The van der Waals surface area contributed by atoms with E-state index in [1.807, 2.05) is 0 Å². The van der Waals surface area contributed by atoms with Crippen LogP contribution in [0, 0.1) is 0 Å². The van der Waals surface area contributed by atoms with E-state index in [4.69, 9.17) is 50.9 Å². The van der Waals surface area contributed by atoms with Crippen molar-refractivity contribution in [3.63, 3.8) is 0 Å². The van der Waals surface area contributed by atoms with Crippen LogP contribution in [0.5, 0.6) is 0 Å². The molecule has 0 heterocycles. The summed E-state index contributed by atoms with van der Waals surface area (Å²) in [6, 6.07) is 0. The summed E-state index contributed by atoms with van der Waals surface area (Å²) >= 11 is 4.74. The van der Waals surface area contributed by atoms with Crippen LogP contribution in [0.25, 0.3) is 0 Å². The summed E-state index contributed by atoms with van der Waals surface area (Å²) in [5, 5.41) is 0. The molecule has 0 aliphatic heterocycles. The van der Waals surface area contributed by atoms with Gasteiger partial charge in [0.05, 0.1) is 13.0 Å². The van der Waals surface area contributed by atoms with Crippen molar-refractivity contribution in [3.05, 3.63) is 0 Å². The summed E-state index contributed by atoms with van der Waals surface area (Å²) in [7, 11) is 26.3. The third kappa shape index (κ3) is 3.14. The molecule has 0 saturated carbocycles. The number of rotatable bonds is 3. The first-order valence-corrected chi connectivity index (χ1v) is 3.19. The Hall–Kier alpha value is 0.609. The molecule has 0 fully saturated rings. The lowest BCUT2D eigenvalue weighted by Crippen LogP contribution is -2.51. The molecule has 0 saturated heterocycles. The zero-order chi connectivity index (χ0) is 8.31. The first-order chi connectivity index (χ1) is 4.46. The van der Waals surface area contributed by atoms with Crippen LogP contribution in [0.2, 0.25) is 0 Å². The summed E-state index contributed by atoms with van der Waals surface area (Å²) in [5.41, 5.74) is 0. The fourth-order valence-electron chi connectivity index (χ4n) is 0.412. The fourth-order valence-corrected chi connectivity index (χ4v) is 0.569. The minimum absolute atomic E-state index is 0.301. The van der Waals surface area contributed by atoms with Gasteiger partial charge in [-0.2, -0.15) is 0 Å². The van der Waals surface area contributed by atoms with Crippen molar-refractivity contribution in [1.82, 2.24) is 0 Å². The maximum Gasteiger partial charge on any atom is 0.0760 e. The molecule has 0 aliphatic rings. The van der Waals surface area contributed by atoms with Gasteiger partial charge >= 0.3 is 0 Å². The fraction of sp³-hybridized carbons (Fsp3) is 0. The van der Waals surface area contributed by atoms with E-state index in [-0.39, 0.29) is 0 Å². The summed E-state index contributed by atoms with van der Waals surface area (Å²) in [4.78, 5) is 0. The molecule has 10 radical (unpaired) electrons. The lowest BCUT2D eigenvalue weighted by molar-refractivity contribution is 3.41. The zero-order valence-electron chi connectivity index (χ0n) is 5.53. The van der Waals surface area contributed by atoms with E-state index in [9.17, 15) is 0 Å². The van der Waals surface area contributed by atoms with Crippen molar-refractivity contribution >= 4 is 74.9 Å². The van der Waals surface area contributed by atoms with Gasteiger partial charge in [-0.3, -0.25) is 0 Å². The van der Waals surface area contributed by atoms with Crippen LogP contribution in [-0.2, 0) is 0 Å². The van der Waals surface area contributed by atoms with E-state index >= 15 is 0 Å². The smallest absolute Gasteiger partial charge is 0.0760 e. The van der Waals surface area contributed by atoms with Crippen molar-refractivity contribution in [2.45, 2.75) is 0 Å². The topological polar surface area (TPSA) is 0 Å². The van der Waals surface area contributed by atoms with E-state index in [0.29, 0.717) is 4.66 Å². The monoisotopic (exact) mass is 132 g/mol. The number of thiocarbonyl (C=S) groups is 1. The van der Waals surface area contributed by atoms with Crippen LogP contribution in [0.3, 0.4) is 0 Å². The molecule has 0 aliphatic carbocycles. The van der Waals surface area contributed by atoms with Crippen molar-refractivity contribution in [2.75, 3.05) is 0 Å². The van der Waals surface area contributed by atoms with Gasteiger partial charge in [0, 0.05) is 45.1 Å². The average Bonchev–Trinajstić information content (AvgIpc) is 1.84. The summed E-state index contributed by atoms with van der Waals surface area (Å²) in [6.45, 7) is -1.32. The molecule has 9 heteroatoms. The molecule has 10 heavy (non-hydrogen) atoms. The quantitative estimate of drug-likeness (QED) is 0.297. The van der Waals surface area contributed by atoms with Gasteiger partial charge in [0.1, 0.15) is 0 Å². The molecular formula is CB8S. The minimum Gasteiger partial charge on any atom is -0.114 e. The van der Waals surface area contributed by atoms with Gasteiger partial charge in [0.25, 0.3) is 0 Å². The SMILES string of the molecule is [B]B([B])B([B])C(=S)B([B])[B]. The van der Waals surface area contributed by atoms with Crippen LogP contribution in [0.15, 0.2) is 0 Å². The highest BCUT2D eigenvalue weighted by Crippen LogP contribution is 1.86. The molecule has 0 N–H and O–H groups in total. The first-order valence-electron chi connectivity index (χ1n) is 2.78. The van der Waals surface area contributed by atoms with Crippen LogP contribution in [0.1, 0.15) is 0 Å². The molecule has 0 spiro atoms. The van der Waals surface area contributed by atoms with Crippen LogP contribution in [0.4, 0.5) is 0 Å². The molecule has 0 unspecified atom stereocenters. The van der Waals surface area contributed by atoms with Crippen LogP contribution < -0.4 is 0 Å². The second-order valence-corrected chi connectivity index (χ2v) is 2.50. The maximum atomic E-state index is 5.41. The highest BCUT2D eigenvalue weighted by Gasteiger charge is 2.18. The Morgan fingerprint density at radius 2 is 1.40 bits per heavy atom. The molecule has 0 nitrogen and oxygen atoms in total. The summed E-state index contributed by atoms with van der Waals surface area (Å²) in [5.74, 6) is 0. The highest BCUT2D eigenvalue weighted by molar-refractivity contribution is 7.99. The Morgan fingerprint density at radius 3 is 1.50 bits per heavy atom. The molecule has 0 amide bonds. The maximum absolute atomic E-state index is 5.41. The largest absolute Gasteiger partial charge is 0.114 e. The Bertz CT molecular complexity index is 118. The third-order valence-corrected chi connectivity index (χ3v) is 1.62. The van der Waals surface area contributed by atoms with Crippen molar-refractivity contribution < 1.29 is 0 Å². The molecular weight excluding hydrogens is 131 g/mol. The normalized spacial score (nSPS) is 8.40. The Kier molecular flexibility index (Phi) is 4.75. The summed E-state index contributed by atoms with van der Waals surface area (Å²) in [6.07, 6.45) is -0.693. The van der Waals surface area contributed by atoms with Gasteiger partial charge in [-0.05, 0) is 0 Å². The molecule has 0 aromatic carbocycles. The van der Waals surface area contributed by atoms with Crippen molar-refractivity contribution in [2.24, 2.45) is 0 Å². The van der Waals surface area contributed by atoms with Crippen molar-refractivity contribution in [3.8, 4) is 0 Å². The molecule has 0 bridgehead atoms. The molecule has 0 atom stereocenters. The van der Waals surface area contributed by atoms with E-state index in [2.05, 4.69) is 0 Å². The van der Waals surface area contributed by atoms with Crippen LogP contribution in [-0.4, -0.2) is 62.7 Å². The predicted molar refractivity (Wildman–Crippen MR) is 58.6 cm³/mol. The number of hydrogen-bond acceptors (Lipinski definition) is 1. The second-order valence-electron chi connectivity index (χ2n) is 2.03. The highest BCUT2D eigenvalue weighted by atomic mass is 32.1. The van der Waals surface area contributed by atoms with E-state index < -0.39 is 19.4 Å². The molecule has 34 valence electrons.